The minimum Gasteiger partial charge on any atom is -0.364 e. The van der Waals surface area contributed by atoms with Crippen molar-refractivity contribution in [3.05, 3.63) is 66.1 Å². The Balaban J connectivity index is 1.43. The number of anilines is 1. The van der Waals surface area contributed by atoms with Crippen molar-refractivity contribution >= 4 is 22.8 Å². The van der Waals surface area contributed by atoms with Crippen LogP contribution in [-0.2, 0) is 11.3 Å². The number of nitrogens with zero attached hydrogens (tertiary/aromatic N) is 3. The highest BCUT2D eigenvalue weighted by Crippen LogP contribution is 2.19. The van der Waals surface area contributed by atoms with Crippen LogP contribution >= 0.6 is 0 Å². The van der Waals surface area contributed by atoms with Crippen LogP contribution in [0.2, 0.25) is 0 Å². The fourth-order valence-corrected chi connectivity index (χ4v) is 3.07. The summed E-state index contributed by atoms with van der Waals surface area (Å²) in [6, 6.07) is 13.9. The Labute approximate surface area is 144 Å². The monoisotopic (exact) mass is 336 g/mol. The number of amides is 1. The van der Waals surface area contributed by atoms with E-state index in [1.165, 1.54) is 12.1 Å². The molecule has 0 aliphatic carbocycles. The fraction of sp³-hybridized carbons (Fsp3) is 0.211. The van der Waals surface area contributed by atoms with Gasteiger partial charge in [-0.2, -0.15) is 0 Å². The van der Waals surface area contributed by atoms with Crippen molar-refractivity contribution in [2.45, 2.75) is 19.0 Å². The van der Waals surface area contributed by atoms with Crippen LogP contribution in [0.1, 0.15) is 12.0 Å². The van der Waals surface area contributed by atoms with E-state index in [4.69, 9.17) is 0 Å². The van der Waals surface area contributed by atoms with Crippen molar-refractivity contribution in [2.75, 3.05) is 11.9 Å². The third-order valence-corrected chi connectivity index (χ3v) is 4.30. The maximum absolute atomic E-state index is 13.0. The number of carbonyl (C=O) groups excluding carboxylic acids is 1. The van der Waals surface area contributed by atoms with E-state index in [1.807, 2.05) is 24.3 Å². The molecule has 2 heterocycles. The average Bonchev–Trinajstić information content (AvgIpc) is 2.96. The lowest BCUT2D eigenvalue weighted by molar-refractivity contribution is -0.128. The standard InChI is InChI=1S/C19H17FN4O/c20-14-7-5-13(6-8-14)11-24-12-15(9-19(24)25)22-18-10-21-16-3-1-2-4-17(16)23-18/h1-8,10,15H,9,11-12H2,(H,22,23). The Bertz CT molecular complexity index is 913. The molecular weight excluding hydrogens is 319 g/mol. The smallest absolute Gasteiger partial charge is 0.225 e. The summed E-state index contributed by atoms with van der Waals surface area (Å²) >= 11 is 0. The number of nitrogens with one attached hydrogen (secondary N) is 1. The maximum Gasteiger partial charge on any atom is 0.225 e. The number of aromatic nitrogens is 2. The number of carbonyl (C=O) groups is 1. The highest BCUT2D eigenvalue weighted by Gasteiger charge is 2.29. The molecule has 1 amide bonds. The Morgan fingerprint density at radius 2 is 1.88 bits per heavy atom. The zero-order chi connectivity index (χ0) is 17.2. The molecule has 1 saturated heterocycles. The molecule has 1 unspecified atom stereocenters. The molecule has 1 aliphatic rings. The predicted molar refractivity (Wildman–Crippen MR) is 93.4 cm³/mol. The van der Waals surface area contributed by atoms with Gasteiger partial charge in [0.25, 0.3) is 0 Å². The molecule has 3 aromatic rings. The van der Waals surface area contributed by atoms with Crippen LogP contribution in [-0.4, -0.2) is 33.4 Å². The molecule has 1 atom stereocenters. The van der Waals surface area contributed by atoms with Crippen LogP contribution < -0.4 is 5.32 Å². The van der Waals surface area contributed by atoms with Crippen molar-refractivity contribution in [1.82, 2.24) is 14.9 Å². The van der Waals surface area contributed by atoms with Crippen LogP contribution in [0.5, 0.6) is 0 Å². The SMILES string of the molecule is O=C1CC(Nc2cnc3ccccc3n2)CN1Cc1ccc(F)cc1. The van der Waals surface area contributed by atoms with E-state index in [1.54, 1.807) is 23.2 Å². The largest absolute Gasteiger partial charge is 0.364 e. The molecule has 126 valence electrons. The van der Waals surface area contributed by atoms with Gasteiger partial charge in [0.1, 0.15) is 11.6 Å². The first-order valence-electron chi connectivity index (χ1n) is 8.18. The molecule has 2 aromatic carbocycles. The van der Waals surface area contributed by atoms with Crippen molar-refractivity contribution < 1.29 is 9.18 Å². The van der Waals surface area contributed by atoms with Gasteiger partial charge in [-0.1, -0.05) is 24.3 Å². The molecule has 5 nitrogen and oxygen atoms in total. The van der Waals surface area contributed by atoms with Gasteiger partial charge in [0.15, 0.2) is 0 Å². The molecule has 0 saturated carbocycles. The number of likely N-dealkylation sites (tertiary alicyclic amines) is 1. The molecule has 1 N–H and O–H groups in total. The number of hydrogen-bond donors (Lipinski definition) is 1. The molecule has 25 heavy (non-hydrogen) atoms. The van der Waals surface area contributed by atoms with E-state index < -0.39 is 0 Å². The molecule has 0 bridgehead atoms. The van der Waals surface area contributed by atoms with E-state index in [-0.39, 0.29) is 17.8 Å². The lowest BCUT2D eigenvalue weighted by Gasteiger charge is -2.17. The molecule has 1 aromatic heterocycles. The van der Waals surface area contributed by atoms with E-state index >= 15 is 0 Å². The van der Waals surface area contributed by atoms with Gasteiger partial charge < -0.3 is 10.2 Å². The van der Waals surface area contributed by atoms with Gasteiger partial charge in [-0.3, -0.25) is 9.78 Å². The van der Waals surface area contributed by atoms with Crippen LogP contribution in [0.25, 0.3) is 11.0 Å². The first-order valence-corrected chi connectivity index (χ1v) is 8.18. The van der Waals surface area contributed by atoms with Gasteiger partial charge in [0, 0.05) is 19.5 Å². The quantitative estimate of drug-likeness (QED) is 0.796. The molecule has 1 aliphatic heterocycles. The topological polar surface area (TPSA) is 58.1 Å². The molecular formula is C19H17FN4O. The highest BCUT2D eigenvalue weighted by atomic mass is 19.1. The van der Waals surface area contributed by atoms with Crippen molar-refractivity contribution in [3.63, 3.8) is 0 Å². The lowest BCUT2D eigenvalue weighted by Crippen LogP contribution is -2.27. The summed E-state index contributed by atoms with van der Waals surface area (Å²) in [4.78, 5) is 22.9. The number of fused-ring (bicyclic) bond motifs is 1. The van der Waals surface area contributed by atoms with E-state index in [0.717, 1.165) is 16.6 Å². The zero-order valence-corrected chi connectivity index (χ0v) is 13.5. The van der Waals surface area contributed by atoms with Crippen LogP contribution in [0, 0.1) is 5.82 Å². The number of hydrogen-bond acceptors (Lipinski definition) is 4. The maximum atomic E-state index is 13.0. The normalized spacial score (nSPS) is 17.2. The van der Waals surface area contributed by atoms with Crippen LogP contribution in [0.15, 0.2) is 54.7 Å². The Morgan fingerprint density at radius 1 is 1.12 bits per heavy atom. The summed E-state index contributed by atoms with van der Waals surface area (Å²) < 4.78 is 13.0. The first kappa shape index (κ1) is 15.5. The first-order chi connectivity index (χ1) is 12.2. The second kappa shape index (κ2) is 6.47. The minimum absolute atomic E-state index is 0.0107. The number of rotatable bonds is 4. The van der Waals surface area contributed by atoms with Gasteiger partial charge in [0.05, 0.1) is 23.3 Å². The van der Waals surface area contributed by atoms with E-state index in [9.17, 15) is 9.18 Å². The summed E-state index contributed by atoms with van der Waals surface area (Å²) in [5, 5.41) is 3.29. The van der Waals surface area contributed by atoms with E-state index in [2.05, 4.69) is 15.3 Å². The Morgan fingerprint density at radius 3 is 2.68 bits per heavy atom. The predicted octanol–water partition coefficient (Wildman–Crippen LogP) is 2.98. The van der Waals surface area contributed by atoms with Crippen molar-refractivity contribution in [3.8, 4) is 0 Å². The summed E-state index contributed by atoms with van der Waals surface area (Å²) in [7, 11) is 0. The van der Waals surface area contributed by atoms with Crippen LogP contribution in [0.3, 0.4) is 0 Å². The fourth-order valence-electron chi connectivity index (χ4n) is 3.07. The van der Waals surface area contributed by atoms with Gasteiger partial charge in [-0.05, 0) is 29.8 Å². The highest BCUT2D eigenvalue weighted by molar-refractivity contribution is 5.80. The summed E-state index contributed by atoms with van der Waals surface area (Å²) in [6.45, 7) is 1.07. The third kappa shape index (κ3) is 3.42. The second-order valence-corrected chi connectivity index (χ2v) is 6.19. The summed E-state index contributed by atoms with van der Waals surface area (Å²) in [5.41, 5.74) is 2.58. The summed E-state index contributed by atoms with van der Waals surface area (Å²) in [6.07, 6.45) is 2.10. The zero-order valence-electron chi connectivity index (χ0n) is 13.5. The molecule has 4 rings (SSSR count). The Hall–Kier alpha value is -3.02. The summed E-state index contributed by atoms with van der Waals surface area (Å²) in [5.74, 6) is 0.474. The third-order valence-electron chi connectivity index (χ3n) is 4.30. The van der Waals surface area contributed by atoms with Gasteiger partial charge in [-0.15, -0.1) is 0 Å². The van der Waals surface area contributed by atoms with Gasteiger partial charge >= 0.3 is 0 Å². The minimum atomic E-state index is -0.272. The van der Waals surface area contributed by atoms with Crippen LogP contribution in [0.4, 0.5) is 10.2 Å². The van der Waals surface area contributed by atoms with Crippen molar-refractivity contribution in [2.24, 2.45) is 0 Å². The number of para-hydroxylation sites is 2. The van der Waals surface area contributed by atoms with E-state index in [0.29, 0.717) is 25.3 Å². The number of halogens is 1. The van der Waals surface area contributed by atoms with Gasteiger partial charge in [-0.25, -0.2) is 9.37 Å². The lowest BCUT2D eigenvalue weighted by atomic mass is 10.2. The average molecular weight is 336 g/mol. The second-order valence-electron chi connectivity index (χ2n) is 6.19. The number of benzene rings is 2. The molecule has 0 radical (unpaired) electrons. The Kier molecular flexibility index (Phi) is 4.01. The van der Waals surface area contributed by atoms with Gasteiger partial charge in [0.2, 0.25) is 5.91 Å². The van der Waals surface area contributed by atoms with Crippen molar-refractivity contribution in [1.29, 1.82) is 0 Å². The molecule has 1 fully saturated rings. The molecule has 6 heteroatoms. The molecule has 0 spiro atoms.